The van der Waals surface area contributed by atoms with Crippen LogP contribution >= 0.6 is 0 Å². The third-order valence-corrected chi connectivity index (χ3v) is 3.02. The molecule has 16 heavy (non-hydrogen) atoms. The van der Waals surface area contributed by atoms with Crippen LogP contribution in [0, 0.1) is 5.82 Å². The van der Waals surface area contributed by atoms with Gasteiger partial charge in [-0.1, -0.05) is 0 Å². The second-order valence-electron chi connectivity index (χ2n) is 3.80. The SMILES string of the molecule is CC(CS(C)(=O)=O)Nc1ccc(O)c(F)c1. The Morgan fingerprint density at radius 1 is 1.50 bits per heavy atom. The van der Waals surface area contributed by atoms with Crippen LogP contribution < -0.4 is 5.32 Å². The van der Waals surface area contributed by atoms with Crippen molar-refractivity contribution >= 4 is 15.5 Å². The van der Waals surface area contributed by atoms with E-state index < -0.39 is 21.4 Å². The van der Waals surface area contributed by atoms with Crippen LogP contribution in [-0.2, 0) is 9.84 Å². The van der Waals surface area contributed by atoms with E-state index >= 15 is 0 Å². The molecule has 4 nitrogen and oxygen atoms in total. The van der Waals surface area contributed by atoms with Gasteiger partial charge in [-0.25, -0.2) is 12.8 Å². The zero-order chi connectivity index (χ0) is 12.3. The van der Waals surface area contributed by atoms with E-state index in [9.17, 15) is 12.8 Å². The van der Waals surface area contributed by atoms with Gasteiger partial charge in [0.05, 0.1) is 5.75 Å². The average Bonchev–Trinajstić information content (AvgIpc) is 2.08. The summed E-state index contributed by atoms with van der Waals surface area (Å²) in [7, 11) is -3.07. The third-order valence-electron chi connectivity index (χ3n) is 1.91. The molecule has 0 aliphatic heterocycles. The maximum absolute atomic E-state index is 13.0. The van der Waals surface area contributed by atoms with E-state index in [-0.39, 0.29) is 11.8 Å². The highest BCUT2D eigenvalue weighted by Crippen LogP contribution is 2.19. The molecule has 0 heterocycles. The van der Waals surface area contributed by atoms with Crippen molar-refractivity contribution in [2.75, 3.05) is 17.3 Å². The molecule has 0 bridgehead atoms. The summed E-state index contributed by atoms with van der Waals surface area (Å²) in [6, 6.07) is 3.50. The molecule has 1 atom stereocenters. The number of phenols is 1. The largest absolute Gasteiger partial charge is 0.505 e. The van der Waals surface area contributed by atoms with Gasteiger partial charge in [0.1, 0.15) is 9.84 Å². The molecule has 0 saturated carbocycles. The Hall–Kier alpha value is -1.30. The first kappa shape index (κ1) is 12.8. The second-order valence-corrected chi connectivity index (χ2v) is 5.99. The van der Waals surface area contributed by atoms with Gasteiger partial charge in [-0.05, 0) is 19.1 Å². The Morgan fingerprint density at radius 3 is 2.62 bits per heavy atom. The first-order valence-electron chi connectivity index (χ1n) is 4.71. The lowest BCUT2D eigenvalue weighted by atomic mass is 10.2. The van der Waals surface area contributed by atoms with E-state index in [0.29, 0.717) is 5.69 Å². The second kappa shape index (κ2) is 4.69. The number of hydrogen-bond acceptors (Lipinski definition) is 4. The topological polar surface area (TPSA) is 66.4 Å². The van der Waals surface area contributed by atoms with Crippen LogP contribution in [0.5, 0.6) is 5.75 Å². The van der Waals surface area contributed by atoms with Crippen LogP contribution in [0.2, 0.25) is 0 Å². The van der Waals surface area contributed by atoms with Gasteiger partial charge in [-0.2, -0.15) is 0 Å². The van der Waals surface area contributed by atoms with E-state index in [4.69, 9.17) is 5.11 Å². The molecular formula is C10H14FNO3S. The fraction of sp³-hybridized carbons (Fsp3) is 0.400. The maximum atomic E-state index is 13.0. The normalized spacial score (nSPS) is 13.4. The van der Waals surface area contributed by atoms with Gasteiger partial charge in [0.25, 0.3) is 0 Å². The van der Waals surface area contributed by atoms with Gasteiger partial charge in [0.15, 0.2) is 11.6 Å². The molecule has 1 unspecified atom stereocenters. The Morgan fingerprint density at radius 2 is 2.12 bits per heavy atom. The minimum Gasteiger partial charge on any atom is -0.505 e. The molecule has 0 spiro atoms. The first-order chi connectivity index (χ1) is 7.28. The van der Waals surface area contributed by atoms with Crippen LogP contribution in [0.1, 0.15) is 6.92 Å². The van der Waals surface area contributed by atoms with Gasteiger partial charge in [-0.15, -0.1) is 0 Å². The minimum absolute atomic E-state index is 0.0322. The van der Waals surface area contributed by atoms with E-state index in [1.54, 1.807) is 6.92 Å². The number of rotatable bonds is 4. The van der Waals surface area contributed by atoms with E-state index in [1.807, 2.05) is 0 Å². The van der Waals surface area contributed by atoms with Gasteiger partial charge >= 0.3 is 0 Å². The van der Waals surface area contributed by atoms with E-state index in [1.165, 1.54) is 12.1 Å². The summed E-state index contributed by atoms with van der Waals surface area (Å²) in [4.78, 5) is 0. The van der Waals surface area contributed by atoms with Gasteiger partial charge in [0, 0.05) is 24.1 Å². The van der Waals surface area contributed by atoms with Crippen molar-refractivity contribution in [2.24, 2.45) is 0 Å². The molecule has 6 heteroatoms. The lowest BCUT2D eigenvalue weighted by molar-refractivity contribution is 0.432. The molecule has 90 valence electrons. The van der Waals surface area contributed by atoms with Gasteiger partial charge in [0.2, 0.25) is 0 Å². The standard InChI is InChI=1S/C10H14FNO3S/c1-7(6-16(2,14)15)12-8-3-4-10(13)9(11)5-8/h3-5,7,12-13H,6H2,1-2H3. The Bertz CT molecular complexity index is 473. The summed E-state index contributed by atoms with van der Waals surface area (Å²) < 4.78 is 35.0. The molecular weight excluding hydrogens is 233 g/mol. The third kappa shape index (κ3) is 4.06. The van der Waals surface area contributed by atoms with Crippen LogP contribution in [0.3, 0.4) is 0 Å². The number of hydrogen-bond donors (Lipinski definition) is 2. The van der Waals surface area contributed by atoms with E-state index in [0.717, 1.165) is 12.3 Å². The smallest absolute Gasteiger partial charge is 0.166 e. The molecule has 0 aliphatic rings. The van der Waals surface area contributed by atoms with Crippen molar-refractivity contribution in [2.45, 2.75) is 13.0 Å². The zero-order valence-electron chi connectivity index (χ0n) is 9.07. The molecule has 0 saturated heterocycles. The summed E-state index contributed by atoms with van der Waals surface area (Å²) in [6.07, 6.45) is 1.14. The van der Waals surface area contributed by atoms with Crippen molar-refractivity contribution < 1.29 is 17.9 Å². The number of nitrogens with one attached hydrogen (secondary N) is 1. The van der Waals surface area contributed by atoms with Crippen molar-refractivity contribution in [3.05, 3.63) is 24.0 Å². The van der Waals surface area contributed by atoms with E-state index in [2.05, 4.69) is 5.32 Å². The van der Waals surface area contributed by atoms with Crippen molar-refractivity contribution in [3.8, 4) is 5.75 Å². The fourth-order valence-corrected chi connectivity index (χ4v) is 2.37. The predicted octanol–water partition coefficient (Wildman–Crippen LogP) is 1.38. The highest BCUT2D eigenvalue weighted by molar-refractivity contribution is 7.90. The minimum atomic E-state index is -3.07. The first-order valence-corrected chi connectivity index (χ1v) is 6.77. The summed E-state index contributed by atoms with van der Waals surface area (Å²) in [5.74, 6) is -1.20. The van der Waals surface area contributed by atoms with Crippen LogP contribution in [0.15, 0.2) is 18.2 Å². The number of phenolic OH excluding ortho intramolecular Hbond substituents is 1. The number of sulfone groups is 1. The fourth-order valence-electron chi connectivity index (χ4n) is 1.38. The molecule has 1 rings (SSSR count). The number of benzene rings is 1. The Kier molecular flexibility index (Phi) is 3.74. The molecule has 0 aliphatic carbocycles. The molecule has 0 aromatic heterocycles. The summed E-state index contributed by atoms with van der Waals surface area (Å²) >= 11 is 0. The number of halogens is 1. The zero-order valence-corrected chi connectivity index (χ0v) is 9.88. The Balaban J connectivity index is 2.70. The monoisotopic (exact) mass is 247 g/mol. The molecule has 1 aromatic rings. The number of aromatic hydroxyl groups is 1. The molecule has 1 aromatic carbocycles. The number of anilines is 1. The highest BCUT2D eigenvalue weighted by Gasteiger charge is 2.11. The molecule has 0 radical (unpaired) electrons. The summed E-state index contributed by atoms with van der Waals surface area (Å²) in [5, 5.41) is 11.8. The van der Waals surface area contributed by atoms with Gasteiger partial charge < -0.3 is 10.4 Å². The summed E-state index contributed by atoms with van der Waals surface area (Å²) in [5.41, 5.74) is 0.437. The molecule has 0 amide bonds. The molecule has 2 N–H and O–H groups in total. The van der Waals surface area contributed by atoms with Crippen molar-refractivity contribution in [1.82, 2.24) is 0 Å². The molecule has 0 fully saturated rings. The van der Waals surface area contributed by atoms with Crippen molar-refractivity contribution in [1.29, 1.82) is 0 Å². The quantitative estimate of drug-likeness (QED) is 0.789. The highest BCUT2D eigenvalue weighted by atomic mass is 32.2. The van der Waals surface area contributed by atoms with Crippen LogP contribution in [0.25, 0.3) is 0 Å². The average molecular weight is 247 g/mol. The maximum Gasteiger partial charge on any atom is 0.166 e. The van der Waals surface area contributed by atoms with Crippen molar-refractivity contribution in [3.63, 3.8) is 0 Å². The Labute approximate surface area is 94.0 Å². The lowest BCUT2D eigenvalue weighted by Gasteiger charge is -2.14. The summed E-state index contributed by atoms with van der Waals surface area (Å²) in [6.45, 7) is 1.69. The van der Waals surface area contributed by atoms with Crippen LogP contribution in [0.4, 0.5) is 10.1 Å². The lowest BCUT2D eigenvalue weighted by Crippen LogP contribution is -2.24. The predicted molar refractivity (Wildman–Crippen MR) is 60.9 cm³/mol. The van der Waals surface area contributed by atoms with Gasteiger partial charge in [-0.3, -0.25) is 0 Å². The van der Waals surface area contributed by atoms with Crippen LogP contribution in [-0.4, -0.2) is 31.6 Å².